The van der Waals surface area contributed by atoms with Gasteiger partial charge in [-0.25, -0.2) is 0 Å². The molecule has 1 N–H and O–H groups in total. The molecule has 0 radical (unpaired) electrons. The first-order valence-corrected chi connectivity index (χ1v) is 11.3. The summed E-state index contributed by atoms with van der Waals surface area (Å²) in [4.78, 5) is 12.7. The van der Waals surface area contributed by atoms with Crippen LogP contribution in [0.25, 0.3) is 0 Å². The zero-order valence-electron chi connectivity index (χ0n) is 17.4. The number of rotatable bonds is 7. The van der Waals surface area contributed by atoms with E-state index in [1.807, 2.05) is 18.2 Å². The molecule has 2 aromatic carbocycles. The van der Waals surface area contributed by atoms with E-state index in [-0.39, 0.29) is 17.6 Å². The fourth-order valence-corrected chi connectivity index (χ4v) is 4.85. The fraction of sp³-hybridized carbons (Fsp3) is 0.458. The van der Waals surface area contributed by atoms with Crippen LogP contribution in [0.1, 0.15) is 61.4 Å². The summed E-state index contributed by atoms with van der Waals surface area (Å²) in [6.45, 7) is 8.56. The maximum Gasteiger partial charge on any atom is 0.230 e. The summed E-state index contributed by atoms with van der Waals surface area (Å²) in [5, 5.41) is 3.27. The molecular formula is C24H31NO2S. The lowest BCUT2D eigenvalue weighted by Crippen LogP contribution is -2.44. The maximum absolute atomic E-state index is 12.7. The highest BCUT2D eigenvalue weighted by molar-refractivity contribution is 7.99. The Bertz CT molecular complexity index is 809. The molecule has 3 rings (SSSR count). The number of nitrogens with one attached hydrogen (secondary N) is 1. The third-order valence-electron chi connectivity index (χ3n) is 5.60. The largest absolute Gasteiger partial charge is 0.487 e. The van der Waals surface area contributed by atoms with Gasteiger partial charge in [-0.1, -0.05) is 61.4 Å². The van der Waals surface area contributed by atoms with Crippen molar-refractivity contribution in [1.29, 1.82) is 0 Å². The number of thioether (sulfide) groups is 1. The highest BCUT2D eigenvalue weighted by Gasteiger charge is 2.38. The van der Waals surface area contributed by atoms with E-state index in [0.29, 0.717) is 5.75 Å². The summed E-state index contributed by atoms with van der Waals surface area (Å²) in [6, 6.07) is 14.7. The van der Waals surface area contributed by atoms with Crippen LogP contribution in [0, 0.1) is 13.8 Å². The molecular weight excluding hydrogens is 366 g/mol. The van der Waals surface area contributed by atoms with Gasteiger partial charge in [-0.2, -0.15) is 0 Å². The van der Waals surface area contributed by atoms with Crippen LogP contribution in [0.2, 0.25) is 0 Å². The third kappa shape index (κ3) is 4.91. The molecule has 1 amide bonds. The number of aryl methyl sites for hydroxylation is 2. The number of hydrogen-bond donors (Lipinski definition) is 1. The quantitative estimate of drug-likeness (QED) is 0.648. The summed E-state index contributed by atoms with van der Waals surface area (Å²) in [7, 11) is 0. The van der Waals surface area contributed by atoms with Crippen molar-refractivity contribution in [3.8, 4) is 5.75 Å². The summed E-state index contributed by atoms with van der Waals surface area (Å²) < 4.78 is 6.33. The number of ether oxygens (including phenoxy) is 1. The van der Waals surface area contributed by atoms with Crippen LogP contribution in [0.3, 0.4) is 0 Å². The first-order chi connectivity index (χ1) is 13.4. The zero-order valence-corrected chi connectivity index (χ0v) is 18.2. The van der Waals surface area contributed by atoms with Crippen LogP contribution < -0.4 is 10.1 Å². The standard InChI is InChI=1S/C24H31NO2S/c1-5-24(6-2)14-21(20-9-7-8-10-22(20)27-24)25-23(26)16-28-15-19-12-17(3)11-18(4)13-19/h7-13,21H,5-6,14-16H2,1-4H3,(H,25,26)/t21-/m1/s1. The van der Waals surface area contributed by atoms with Crippen LogP contribution in [-0.2, 0) is 10.5 Å². The lowest BCUT2D eigenvalue weighted by atomic mass is 9.83. The summed E-state index contributed by atoms with van der Waals surface area (Å²) in [5.41, 5.74) is 4.72. The Kier molecular flexibility index (Phi) is 6.71. The van der Waals surface area contributed by atoms with E-state index >= 15 is 0 Å². The first-order valence-electron chi connectivity index (χ1n) is 10.2. The molecule has 0 saturated carbocycles. The van der Waals surface area contributed by atoms with Crippen molar-refractivity contribution in [2.24, 2.45) is 0 Å². The maximum atomic E-state index is 12.7. The molecule has 0 fully saturated rings. The molecule has 0 unspecified atom stereocenters. The molecule has 0 aliphatic carbocycles. The van der Waals surface area contributed by atoms with Gasteiger partial charge in [0.25, 0.3) is 0 Å². The molecule has 1 aliphatic heterocycles. The number of carbonyl (C=O) groups excluding carboxylic acids is 1. The SMILES string of the molecule is CCC1(CC)C[C@@H](NC(=O)CSCc2cc(C)cc(C)c2)c2ccccc2O1. The fourth-order valence-electron chi connectivity index (χ4n) is 4.08. The number of benzene rings is 2. The van der Waals surface area contributed by atoms with Crippen molar-refractivity contribution >= 4 is 17.7 Å². The van der Waals surface area contributed by atoms with E-state index < -0.39 is 0 Å². The smallest absolute Gasteiger partial charge is 0.230 e. The molecule has 1 aliphatic rings. The average Bonchev–Trinajstić information content (AvgIpc) is 2.67. The van der Waals surface area contributed by atoms with E-state index in [1.54, 1.807) is 11.8 Å². The van der Waals surface area contributed by atoms with E-state index in [4.69, 9.17) is 4.74 Å². The van der Waals surface area contributed by atoms with Crippen LogP contribution in [0.5, 0.6) is 5.75 Å². The molecule has 0 spiro atoms. The second kappa shape index (κ2) is 9.04. The van der Waals surface area contributed by atoms with Gasteiger partial charge in [0, 0.05) is 17.7 Å². The zero-order chi connectivity index (χ0) is 20.1. The van der Waals surface area contributed by atoms with Gasteiger partial charge < -0.3 is 10.1 Å². The molecule has 150 valence electrons. The Morgan fingerprint density at radius 3 is 2.50 bits per heavy atom. The van der Waals surface area contributed by atoms with Gasteiger partial charge in [-0.3, -0.25) is 4.79 Å². The van der Waals surface area contributed by atoms with Crippen molar-refractivity contribution in [2.45, 2.75) is 64.4 Å². The Balaban J connectivity index is 1.62. The lowest BCUT2D eigenvalue weighted by molar-refractivity contribution is -0.120. The Hall–Kier alpha value is -1.94. The van der Waals surface area contributed by atoms with Crippen LogP contribution in [0.4, 0.5) is 0 Å². The van der Waals surface area contributed by atoms with Crippen molar-refractivity contribution in [2.75, 3.05) is 5.75 Å². The minimum absolute atomic E-state index is 0.0131. The van der Waals surface area contributed by atoms with Gasteiger partial charge in [0.1, 0.15) is 11.4 Å². The molecule has 2 aromatic rings. The highest BCUT2D eigenvalue weighted by atomic mass is 32.2. The molecule has 0 aromatic heterocycles. The molecule has 1 atom stereocenters. The van der Waals surface area contributed by atoms with Crippen molar-refractivity contribution < 1.29 is 9.53 Å². The van der Waals surface area contributed by atoms with E-state index in [2.05, 4.69) is 57.3 Å². The van der Waals surface area contributed by atoms with E-state index in [1.165, 1.54) is 16.7 Å². The number of para-hydroxylation sites is 1. The summed E-state index contributed by atoms with van der Waals surface area (Å²) in [6.07, 6.45) is 2.70. The molecule has 28 heavy (non-hydrogen) atoms. The van der Waals surface area contributed by atoms with Crippen molar-refractivity contribution in [3.05, 3.63) is 64.7 Å². The van der Waals surface area contributed by atoms with Crippen LogP contribution >= 0.6 is 11.8 Å². The Morgan fingerprint density at radius 2 is 1.82 bits per heavy atom. The van der Waals surface area contributed by atoms with Gasteiger partial charge in [-0.15, -0.1) is 11.8 Å². The van der Waals surface area contributed by atoms with Gasteiger partial charge >= 0.3 is 0 Å². The van der Waals surface area contributed by atoms with Gasteiger partial charge in [-0.05, 0) is 38.3 Å². The highest BCUT2D eigenvalue weighted by Crippen LogP contribution is 2.42. The molecule has 3 nitrogen and oxygen atoms in total. The van der Waals surface area contributed by atoms with Gasteiger partial charge in [0.15, 0.2) is 0 Å². The number of fused-ring (bicyclic) bond motifs is 1. The number of hydrogen-bond acceptors (Lipinski definition) is 3. The predicted octanol–water partition coefficient (Wildman–Crippen LogP) is 5.74. The van der Waals surface area contributed by atoms with Crippen molar-refractivity contribution in [3.63, 3.8) is 0 Å². The molecule has 0 bridgehead atoms. The normalized spacial score (nSPS) is 17.5. The van der Waals surface area contributed by atoms with Gasteiger partial charge in [0.05, 0.1) is 11.8 Å². The lowest BCUT2D eigenvalue weighted by Gasteiger charge is -2.41. The minimum Gasteiger partial charge on any atom is -0.487 e. The average molecular weight is 398 g/mol. The second-order valence-corrected chi connectivity index (χ2v) is 8.83. The monoisotopic (exact) mass is 397 g/mol. The molecule has 4 heteroatoms. The molecule has 0 saturated heterocycles. The first kappa shape index (κ1) is 20.8. The Labute approximate surface area is 173 Å². The third-order valence-corrected chi connectivity index (χ3v) is 6.61. The van der Waals surface area contributed by atoms with E-state index in [9.17, 15) is 4.79 Å². The number of carbonyl (C=O) groups is 1. The summed E-state index contributed by atoms with van der Waals surface area (Å²) >= 11 is 1.67. The van der Waals surface area contributed by atoms with Crippen molar-refractivity contribution in [1.82, 2.24) is 5.32 Å². The summed E-state index contributed by atoms with van der Waals surface area (Å²) in [5.74, 6) is 2.33. The second-order valence-electron chi connectivity index (χ2n) is 7.84. The predicted molar refractivity (Wildman–Crippen MR) is 118 cm³/mol. The topological polar surface area (TPSA) is 38.3 Å². The van der Waals surface area contributed by atoms with E-state index in [0.717, 1.165) is 36.3 Å². The minimum atomic E-state index is -0.196. The Morgan fingerprint density at radius 1 is 1.14 bits per heavy atom. The van der Waals surface area contributed by atoms with Gasteiger partial charge in [0.2, 0.25) is 5.91 Å². The molecule has 1 heterocycles. The van der Waals surface area contributed by atoms with Crippen LogP contribution in [0.15, 0.2) is 42.5 Å². The number of amides is 1. The van der Waals surface area contributed by atoms with Crippen LogP contribution in [-0.4, -0.2) is 17.3 Å².